The molecular formula is C54H56N6O8S2. The van der Waals surface area contributed by atoms with Gasteiger partial charge >= 0.3 is 5.97 Å². The minimum absolute atomic E-state index is 0.0133. The van der Waals surface area contributed by atoms with Crippen molar-refractivity contribution in [1.29, 1.82) is 0 Å². The molecule has 1 N–H and O–H groups in total. The molecule has 4 aromatic carbocycles. The molecule has 0 radical (unpaired) electrons. The fraction of sp³-hybridized carbons (Fsp3) is 0.315. The molecule has 4 aliphatic rings. The second-order valence-electron chi connectivity index (χ2n) is 19.1. The molecule has 6 aromatic rings. The highest BCUT2D eigenvalue weighted by molar-refractivity contribution is 7.98. The third kappa shape index (κ3) is 8.94. The molecule has 2 amide bonds. The van der Waals surface area contributed by atoms with E-state index in [0.29, 0.717) is 13.3 Å². The summed E-state index contributed by atoms with van der Waals surface area (Å²) in [6.07, 6.45) is 3.22. The Labute approximate surface area is 415 Å². The summed E-state index contributed by atoms with van der Waals surface area (Å²) in [6, 6.07) is 35.4. The van der Waals surface area contributed by atoms with Gasteiger partial charge in [0.25, 0.3) is 11.8 Å². The fourth-order valence-electron chi connectivity index (χ4n) is 9.23. The lowest BCUT2D eigenvalue weighted by molar-refractivity contribution is -0.159. The number of hydrogen-bond donors (Lipinski definition) is 1. The first-order valence-corrected chi connectivity index (χ1v) is 25.3. The molecule has 0 saturated carbocycles. The number of hydrogen-bond acceptors (Lipinski definition) is 12. The second-order valence-corrected chi connectivity index (χ2v) is 21.2. The average molecular weight is 981 g/mol. The van der Waals surface area contributed by atoms with Crippen LogP contribution in [0, 0.1) is 5.41 Å². The van der Waals surface area contributed by atoms with E-state index in [4.69, 9.17) is 9.47 Å². The molecule has 70 heavy (non-hydrogen) atoms. The van der Waals surface area contributed by atoms with Crippen LogP contribution >= 0.6 is 23.5 Å². The van der Waals surface area contributed by atoms with E-state index in [0.717, 1.165) is 33.8 Å². The minimum atomic E-state index is -0.728. The maximum Gasteiger partial charge on any atom is 0.314 e. The van der Waals surface area contributed by atoms with Crippen molar-refractivity contribution in [3.8, 4) is 11.5 Å². The van der Waals surface area contributed by atoms with Crippen LogP contribution in [0.3, 0.4) is 0 Å². The van der Waals surface area contributed by atoms with Crippen molar-refractivity contribution < 1.29 is 29.0 Å². The molecule has 0 saturated heterocycles. The van der Waals surface area contributed by atoms with Crippen LogP contribution in [0.15, 0.2) is 141 Å². The number of esters is 1. The molecule has 0 fully saturated rings. The Morgan fingerprint density at radius 1 is 0.614 bits per heavy atom. The topological polar surface area (TPSA) is 147 Å². The number of ether oxygens (including phenoxy) is 2. The van der Waals surface area contributed by atoms with Gasteiger partial charge in [-0.2, -0.15) is 0 Å². The SMILES string of the molecule is CC(C)N1CN(C2c3ccccc3CSc3ccccc32)n2ccc(=O)c(O)c2C1=O.CC(C)N1CN(C2c3ccccc3CSc3ccccc32)n2ccc(=O)c(OCOC(=O)C(C)(C)C)c2C1=O. The predicted octanol–water partition coefficient (Wildman–Crippen LogP) is 8.64. The van der Waals surface area contributed by atoms with Gasteiger partial charge in [-0.05, 0) is 94.0 Å². The molecule has 362 valence electrons. The minimum Gasteiger partial charge on any atom is -0.502 e. The van der Waals surface area contributed by atoms with Gasteiger partial charge in [-0.25, -0.2) is 0 Å². The second kappa shape index (κ2) is 19.5. The van der Waals surface area contributed by atoms with Crippen LogP contribution in [-0.4, -0.2) is 74.3 Å². The summed E-state index contributed by atoms with van der Waals surface area (Å²) < 4.78 is 14.4. The van der Waals surface area contributed by atoms with Crippen LogP contribution in [0.5, 0.6) is 11.5 Å². The van der Waals surface area contributed by atoms with E-state index in [9.17, 15) is 29.1 Å². The lowest BCUT2D eigenvalue weighted by Gasteiger charge is -2.45. The maximum atomic E-state index is 13.8. The summed E-state index contributed by atoms with van der Waals surface area (Å²) in [6.45, 7) is 13.2. The number of carbonyl (C=O) groups is 3. The third-order valence-electron chi connectivity index (χ3n) is 12.9. The van der Waals surface area contributed by atoms with Crippen molar-refractivity contribution in [2.24, 2.45) is 5.41 Å². The number of aromatic nitrogens is 2. The van der Waals surface area contributed by atoms with Gasteiger partial charge in [0.15, 0.2) is 17.1 Å². The molecule has 16 heteroatoms. The normalized spacial score (nSPS) is 17.2. The Morgan fingerprint density at radius 3 is 1.53 bits per heavy atom. The zero-order chi connectivity index (χ0) is 49.6. The van der Waals surface area contributed by atoms with Crippen LogP contribution < -0.4 is 25.6 Å². The highest BCUT2D eigenvalue weighted by atomic mass is 32.2. The summed E-state index contributed by atoms with van der Waals surface area (Å²) in [5, 5.41) is 14.7. The van der Waals surface area contributed by atoms with Crippen LogP contribution in [0.2, 0.25) is 0 Å². The Bertz CT molecular complexity index is 3030. The van der Waals surface area contributed by atoms with Crippen molar-refractivity contribution in [3.05, 3.63) is 187 Å². The van der Waals surface area contributed by atoms with Gasteiger partial charge < -0.3 is 24.4 Å². The Hall–Kier alpha value is -6.91. The van der Waals surface area contributed by atoms with E-state index >= 15 is 0 Å². The monoisotopic (exact) mass is 980 g/mol. The first-order valence-electron chi connectivity index (χ1n) is 23.3. The van der Waals surface area contributed by atoms with Crippen molar-refractivity contribution >= 4 is 41.3 Å². The van der Waals surface area contributed by atoms with E-state index in [2.05, 4.69) is 58.5 Å². The number of fused-ring (bicyclic) bond motifs is 6. The number of thioether (sulfide) groups is 2. The molecule has 6 heterocycles. The summed E-state index contributed by atoms with van der Waals surface area (Å²) >= 11 is 3.59. The third-order valence-corrected chi connectivity index (χ3v) is 15.2. The van der Waals surface area contributed by atoms with Gasteiger partial charge in [0.1, 0.15) is 13.3 Å². The van der Waals surface area contributed by atoms with Crippen molar-refractivity contribution in [2.75, 3.05) is 30.1 Å². The highest BCUT2D eigenvalue weighted by Crippen LogP contribution is 2.45. The van der Waals surface area contributed by atoms with Crippen LogP contribution in [-0.2, 0) is 21.0 Å². The number of pyridine rings is 2. The standard InChI is InChI=1S/C30H33N3O5S.C24H23N3O3S/c1-19(2)31-17-33(25-21-11-7-6-10-20(21)16-39-24-13-9-8-12-22(24)25)32-15-14-23(34)27(26(32)28(31)35)37-18-38-29(36)30(3,4)5;1-15(2)25-14-27(26-12-11-19(28)23(29)22(26)24(25)30)21-17-8-4-3-7-16(17)13-31-20-10-6-5-9-18(20)21/h6-15,19,25H,16-18H2,1-5H3;3-12,15,21,29H,13-14H2,1-2H3. The maximum absolute atomic E-state index is 13.8. The van der Waals surface area contributed by atoms with Gasteiger partial charge in [0, 0.05) is 57.9 Å². The molecule has 2 atom stereocenters. The largest absolute Gasteiger partial charge is 0.502 e. The van der Waals surface area contributed by atoms with Crippen LogP contribution in [0.1, 0.15) is 115 Å². The Balaban J connectivity index is 0.000000178. The molecule has 2 unspecified atom stereocenters. The van der Waals surface area contributed by atoms with Gasteiger partial charge in [-0.3, -0.25) is 43.3 Å². The highest BCUT2D eigenvalue weighted by Gasteiger charge is 2.41. The van der Waals surface area contributed by atoms with Gasteiger partial charge in [-0.1, -0.05) is 84.9 Å². The first kappa shape index (κ1) is 48.1. The average Bonchev–Trinajstić information content (AvgIpc) is 3.61. The van der Waals surface area contributed by atoms with Crippen molar-refractivity contribution in [1.82, 2.24) is 19.2 Å². The molecule has 0 spiro atoms. The molecule has 0 aliphatic carbocycles. The molecule has 14 nitrogen and oxygen atoms in total. The molecule has 4 aliphatic heterocycles. The van der Waals surface area contributed by atoms with E-state index in [-0.39, 0.29) is 53.1 Å². The van der Waals surface area contributed by atoms with Gasteiger partial charge in [0.2, 0.25) is 23.4 Å². The number of benzene rings is 4. The number of nitrogens with zero attached hydrogens (tertiary/aromatic N) is 6. The smallest absolute Gasteiger partial charge is 0.314 e. The van der Waals surface area contributed by atoms with Crippen LogP contribution in [0.25, 0.3) is 0 Å². The summed E-state index contributed by atoms with van der Waals surface area (Å²) in [4.78, 5) is 70.3. The number of amides is 2. The van der Waals surface area contributed by atoms with E-state index in [1.54, 1.807) is 75.8 Å². The Morgan fingerprint density at radius 2 is 1.04 bits per heavy atom. The zero-order valence-corrected chi connectivity index (χ0v) is 41.8. The van der Waals surface area contributed by atoms with Crippen LogP contribution in [0.4, 0.5) is 0 Å². The molecular weight excluding hydrogens is 925 g/mol. The first-order chi connectivity index (χ1) is 33.5. The lowest BCUT2D eigenvalue weighted by Crippen LogP contribution is -2.57. The molecule has 2 aromatic heterocycles. The number of carbonyl (C=O) groups excluding carboxylic acids is 3. The summed E-state index contributed by atoms with van der Waals surface area (Å²) in [5.74, 6) is -0.0850. The van der Waals surface area contributed by atoms with Crippen molar-refractivity contribution in [2.45, 2.75) is 93.9 Å². The quantitative estimate of drug-likeness (QED) is 0.121. The van der Waals surface area contributed by atoms with Gasteiger partial charge in [-0.15, -0.1) is 23.5 Å². The summed E-state index contributed by atoms with van der Waals surface area (Å²) in [5.41, 5.74) is 5.39. The Kier molecular flexibility index (Phi) is 13.4. The molecule has 10 rings (SSSR count). The van der Waals surface area contributed by atoms with E-state index < -0.39 is 34.8 Å². The zero-order valence-electron chi connectivity index (χ0n) is 40.2. The predicted molar refractivity (Wildman–Crippen MR) is 271 cm³/mol. The van der Waals surface area contributed by atoms with E-state index in [1.807, 2.05) is 76.2 Å². The molecule has 0 bridgehead atoms. The number of rotatable bonds is 7. The van der Waals surface area contributed by atoms with Crippen molar-refractivity contribution in [3.63, 3.8) is 0 Å². The van der Waals surface area contributed by atoms with Gasteiger partial charge in [0.05, 0.1) is 17.5 Å². The lowest BCUT2D eigenvalue weighted by atomic mass is 9.94. The van der Waals surface area contributed by atoms with E-state index in [1.165, 1.54) is 33.1 Å². The summed E-state index contributed by atoms with van der Waals surface area (Å²) in [7, 11) is 0. The fourth-order valence-corrected chi connectivity index (χ4v) is 11.4. The number of aromatic hydroxyl groups is 1.